The summed E-state index contributed by atoms with van der Waals surface area (Å²) in [6.45, 7) is 25.3. The van der Waals surface area contributed by atoms with Gasteiger partial charge in [-0.2, -0.15) is 0 Å². The van der Waals surface area contributed by atoms with Crippen LogP contribution < -0.4 is 27.0 Å². The molecule has 50 heavy (non-hydrogen) atoms. The Bertz CT molecular complexity index is 1290. The van der Waals surface area contributed by atoms with Gasteiger partial charge < -0.3 is 31.9 Å². The Hall–Kier alpha value is -2.73. The number of carbonyl (C=O) groups excluding carboxylic acids is 5. The van der Waals surface area contributed by atoms with E-state index in [9.17, 15) is 24.0 Å². The molecule has 2 heterocycles. The molecular formula is C38H67N7O5. The van der Waals surface area contributed by atoms with Crippen LogP contribution in [0.5, 0.6) is 0 Å². The molecule has 5 amide bonds. The molecule has 4 rings (SSSR count). The number of ketones is 1. The average molecular weight is 702 g/mol. The van der Waals surface area contributed by atoms with E-state index in [2.05, 4.69) is 60.8 Å². The Balaban J connectivity index is 1.60. The van der Waals surface area contributed by atoms with Crippen LogP contribution >= 0.6 is 0 Å². The lowest BCUT2D eigenvalue weighted by Crippen LogP contribution is -2.62. The predicted molar refractivity (Wildman–Crippen MR) is 195 cm³/mol. The molecule has 6 atom stereocenters. The molecule has 2 aliphatic carbocycles. The van der Waals surface area contributed by atoms with Gasteiger partial charge in [0.1, 0.15) is 12.1 Å². The van der Waals surface area contributed by atoms with Crippen LogP contribution in [0.15, 0.2) is 0 Å². The summed E-state index contributed by atoms with van der Waals surface area (Å²) in [5.74, 6) is -2.59. The number of fused-ring (bicyclic) bond motifs is 1. The highest BCUT2D eigenvalue weighted by atomic mass is 16.2. The van der Waals surface area contributed by atoms with E-state index in [1.807, 2.05) is 34.6 Å². The molecule has 0 radical (unpaired) electrons. The van der Waals surface area contributed by atoms with Gasteiger partial charge in [0.25, 0.3) is 5.91 Å². The minimum absolute atomic E-state index is 0.0532. The maximum atomic E-state index is 14.8. The first kappa shape index (κ1) is 40.0. The van der Waals surface area contributed by atoms with Crippen LogP contribution in [0.25, 0.3) is 0 Å². The van der Waals surface area contributed by atoms with Crippen LogP contribution in [-0.2, 0) is 19.2 Å². The lowest BCUT2D eigenvalue weighted by Gasteiger charge is -2.39. The van der Waals surface area contributed by atoms with Crippen molar-refractivity contribution in [2.75, 3.05) is 39.3 Å². The minimum Gasteiger partial charge on any atom is -0.363 e. The molecule has 6 N–H and O–H groups in total. The van der Waals surface area contributed by atoms with Gasteiger partial charge in [0.2, 0.25) is 17.6 Å². The third-order valence-electron chi connectivity index (χ3n) is 13.1. The number of nitrogens with zero attached hydrogens (tertiary/aromatic N) is 2. The molecule has 2 aliphatic heterocycles. The van der Waals surface area contributed by atoms with Crippen LogP contribution in [-0.4, -0.2) is 103 Å². The number of primary amides is 1. The third kappa shape index (κ3) is 7.71. The molecule has 2 saturated heterocycles. The van der Waals surface area contributed by atoms with Crippen LogP contribution in [0, 0.1) is 33.0 Å². The number of urea groups is 1. The molecule has 0 aromatic carbocycles. The maximum Gasteiger partial charge on any atom is 0.315 e. The molecule has 12 nitrogen and oxygen atoms in total. The van der Waals surface area contributed by atoms with Crippen molar-refractivity contribution in [3.8, 4) is 0 Å². The fraction of sp³-hybridized carbons (Fsp3) is 0.868. The topological polar surface area (TPSA) is 166 Å². The summed E-state index contributed by atoms with van der Waals surface area (Å²) < 4.78 is 0. The summed E-state index contributed by atoms with van der Waals surface area (Å²) in [5, 5.41) is 12.5. The second kappa shape index (κ2) is 14.7. The first-order chi connectivity index (χ1) is 23.1. The summed E-state index contributed by atoms with van der Waals surface area (Å²) in [7, 11) is 0. The van der Waals surface area contributed by atoms with Gasteiger partial charge in [-0.15, -0.1) is 0 Å². The van der Waals surface area contributed by atoms with Crippen molar-refractivity contribution in [1.29, 1.82) is 0 Å². The number of hydrogen-bond acceptors (Lipinski definition) is 7. The van der Waals surface area contributed by atoms with Gasteiger partial charge in [-0.05, 0) is 53.3 Å². The molecule has 0 aromatic rings. The Morgan fingerprint density at radius 2 is 1.54 bits per heavy atom. The molecule has 2 saturated carbocycles. The smallest absolute Gasteiger partial charge is 0.315 e. The Morgan fingerprint density at radius 1 is 0.920 bits per heavy atom. The Labute approximate surface area is 300 Å². The summed E-state index contributed by atoms with van der Waals surface area (Å²) in [4.78, 5) is 71.9. The Morgan fingerprint density at radius 3 is 2.02 bits per heavy atom. The number of rotatable bonds is 13. The molecule has 4 fully saturated rings. The number of Topliss-reactive ketones (excluding diaryl/α,β-unsaturated/α-hetero) is 1. The molecule has 0 aromatic heterocycles. The van der Waals surface area contributed by atoms with Crippen molar-refractivity contribution in [1.82, 2.24) is 31.1 Å². The number of carbonyl (C=O) groups is 5. The standard InChI is InChI=1S/C38H67N7O5/c1-11-13-24(2)20-25(28(46)30(39)47)41-31(48)26-21-38(36(9,10)37(38)14-12-15-37)23-45(26)32(49)29(35(6,7)8)43-33(50)42-27(34(3,4)5)22-44-18-16-40-17-19-44/h24-27,29,40H,11-23H2,1-10H3,(H2,39,47)(H,41,48)(H2,42,43,50)/t24?,25?,26?,27-,29+,38?/m1/s1. The second-order valence-corrected chi connectivity index (χ2v) is 18.6. The fourth-order valence-corrected chi connectivity index (χ4v) is 9.58. The lowest BCUT2D eigenvalue weighted by atomic mass is 9.73. The molecular weight excluding hydrogens is 634 g/mol. The van der Waals surface area contributed by atoms with Crippen molar-refractivity contribution >= 4 is 29.5 Å². The first-order valence-corrected chi connectivity index (χ1v) is 19.1. The van der Waals surface area contributed by atoms with E-state index < -0.39 is 47.2 Å². The second-order valence-electron chi connectivity index (χ2n) is 18.6. The number of hydrogen-bond donors (Lipinski definition) is 5. The van der Waals surface area contributed by atoms with Crippen molar-refractivity contribution < 1.29 is 24.0 Å². The van der Waals surface area contributed by atoms with Gasteiger partial charge >= 0.3 is 6.03 Å². The van der Waals surface area contributed by atoms with E-state index in [0.717, 1.165) is 58.3 Å². The molecule has 284 valence electrons. The zero-order valence-corrected chi connectivity index (χ0v) is 32.6. The highest BCUT2D eigenvalue weighted by Crippen LogP contribution is 2.88. The van der Waals surface area contributed by atoms with Gasteiger partial charge in [-0.25, -0.2) is 4.79 Å². The molecule has 4 aliphatic rings. The molecule has 0 bridgehead atoms. The van der Waals surface area contributed by atoms with E-state index in [4.69, 9.17) is 5.73 Å². The van der Waals surface area contributed by atoms with Crippen molar-refractivity contribution in [3.63, 3.8) is 0 Å². The van der Waals surface area contributed by atoms with Crippen LogP contribution in [0.4, 0.5) is 4.79 Å². The summed E-state index contributed by atoms with van der Waals surface area (Å²) in [6.07, 6.45) is 5.72. The predicted octanol–water partition coefficient (Wildman–Crippen LogP) is 3.18. The number of piperazine rings is 1. The Kier molecular flexibility index (Phi) is 11.8. The average Bonchev–Trinajstić information content (AvgIpc) is 3.21. The van der Waals surface area contributed by atoms with Crippen LogP contribution in [0.1, 0.15) is 114 Å². The van der Waals surface area contributed by atoms with E-state index in [1.54, 1.807) is 4.90 Å². The van der Waals surface area contributed by atoms with Gasteiger partial charge in [0, 0.05) is 50.7 Å². The quantitative estimate of drug-likeness (QED) is 0.184. The van der Waals surface area contributed by atoms with Crippen LogP contribution in [0.2, 0.25) is 0 Å². The first-order valence-electron chi connectivity index (χ1n) is 19.1. The highest BCUT2D eigenvalue weighted by Gasteiger charge is 2.85. The van der Waals surface area contributed by atoms with Gasteiger partial charge in [-0.1, -0.05) is 88.5 Å². The molecule has 4 unspecified atom stereocenters. The van der Waals surface area contributed by atoms with Gasteiger partial charge in [0.05, 0.1) is 6.04 Å². The molecule has 12 heteroatoms. The van der Waals surface area contributed by atoms with E-state index >= 15 is 0 Å². The SMILES string of the molecule is CCCC(C)CC(NC(=O)C1CC2(CN1C(=O)[C@H](NC(=O)N[C@H](CN1CCNCC1)C(C)(C)C)C(C)(C)C)C(C)(C)C21CCC1)C(=O)C(N)=O. The summed E-state index contributed by atoms with van der Waals surface area (Å²) in [5.41, 5.74) is 4.26. The van der Waals surface area contributed by atoms with Crippen molar-refractivity contribution in [2.45, 2.75) is 138 Å². The summed E-state index contributed by atoms with van der Waals surface area (Å²) >= 11 is 0. The van der Waals surface area contributed by atoms with E-state index in [1.165, 1.54) is 0 Å². The third-order valence-corrected chi connectivity index (χ3v) is 13.1. The number of amides is 5. The fourth-order valence-electron chi connectivity index (χ4n) is 9.58. The van der Waals surface area contributed by atoms with Crippen LogP contribution in [0.3, 0.4) is 0 Å². The zero-order chi connectivity index (χ0) is 37.4. The van der Waals surface area contributed by atoms with Gasteiger partial charge in [-0.3, -0.25) is 24.1 Å². The minimum atomic E-state index is -1.08. The lowest BCUT2D eigenvalue weighted by molar-refractivity contribution is -0.143. The molecule has 2 spiro atoms. The normalized spacial score (nSPS) is 26.8. The summed E-state index contributed by atoms with van der Waals surface area (Å²) in [6, 6.07) is -3.41. The van der Waals surface area contributed by atoms with E-state index in [-0.39, 0.29) is 45.9 Å². The van der Waals surface area contributed by atoms with Crippen molar-refractivity contribution in [2.24, 2.45) is 38.7 Å². The zero-order valence-electron chi connectivity index (χ0n) is 32.6. The highest BCUT2D eigenvalue weighted by molar-refractivity contribution is 6.37. The number of nitrogens with one attached hydrogen (secondary N) is 4. The maximum absolute atomic E-state index is 14.8. The monoisotopic (exact) mass is 702 g/mol. The van der Waals surface area contributed by atoms with E-state index in [0.29, 0.717) is 19.5 Å². The largest absolute Gasteiger partial charge is 0.363 e. The van der Waals surface area contributed by atoms with Crippen molar-refractivity contribution in [3.05, 3.63) is 0 Å². The number of nitrogens with two attached hydrogens (primary N) is 1. The number of likely N-dealkylation sites (tertiary alicyclic amines) is 1. The van der Waals surface area contributed by atoms with Gasteiger partial charge in [0.15, 0.2) is 0 Å².